The van der Waals surface area contributed by atoms with Crippen molar-refractivity contribution in [3.8, 4) is 11.5 Å². The van der Waals surface area contributed by atoms with E-state index in [9.17, 15) is 19.8 Å². The van der Waals surface area contributed by atoms with E-state index in [-0.39, 0.29) is 40.6 Å². The quantitative estimate of drug-likeness (QED) is 0.507. The molecule has 2 saturated heterocycles. The van der Waals surface area contributed by atoms with Gasteiger partial charge in [-0.1, -0.05) is 51.0 Å². The highest BCUT2D eigenvalue weighted by molar-refractivity contribution is 5.97. The van der Waals surface area contributed by atoms with E-state index in [2.05, 4.69) is 13.8 Å². The van der Waals surface area contributed by atoms with Gasteiger partial charge in [0.2, 0.25) is 11.8 Å². The van der Waals surface area contributed by atoms with Crippen LogP contribution in [0.5, 0.6) is 11.5 Å². The molecule has 0 spiro atoms. The molecule has 6 nitrogen and oxygen atoms in total. The van der Waals surface area contributed by atoms with E-state index in [0.29, 0.717) is 26.2 Å². The van der Waals surface area contributed by atoms with E-state index in [1.165, 1.54) is 0 Å². The van der Waals surface area contributed by atoms with Crippen molar-refractivity contribution in [3.05, 3.63) is 59.7 Å². The molecule has 0 aromatic heterocycles. The zero-order valence-corrected chi connectivity index (χ0v) is 22.4. The zero-order valence-electron chi connectivity index (χ0n) is 22.4. The summed E-state index contributed by atoms with van der Waals surface area (Å²) in [5, 5.41) is 20.2. The number of nitrogens with zero attached hydrogens (tertiary/aromatic N) is 2. The number of benzene rings is 2. The Bertz CT molecular complexity index is 1020. The number of aromatic hydroxyl groups is 2. The summed E-state index contributed by atoms with van der Waals surface area (Å²) < 4.78 is 0. The third-order valence-corrected chi connectivity index (χ3v) is 8.93. The minimum absolute atomic E-state index is 0.103. The molecule has 2 fully saturated rings. The molecule has 2 N–H and O–H groups in total. The molecule has 2 aliphatic rings. The SMILES string of the molecule is CC[C@@]1(c2cccc(O)c2)CCCCN(C(=O)CC(=O)N2CCCC[C@@](CC)(c3cccc(O)c3)C2)C1. The lowest BCUT2D eigenvalue weighted by atomic mass is 9.74. The van der Waals surface area contributed by atoms with Crippen molar-refractivity contribution in [2.24, 2.45) is 0 Å². The van der Waals surface area contributed by atoms with Crippen LogP contribution in [0.2, 0.25) is 0 Å². The molecular formula is C31H42N2O4. The van der Waals surface area contributed by atoms with Crippen LogP contribution in [0.15, 0.2) is 48.5 Å². The van der Waals surface area contributed by atoms with Gasteiger partial charge in [-0.15, -0.1) is 0 Å². The molecule has 2 aromatic carbocycles. The van der Waals surface area contributed by atoms with Crippen LogP contribution in [0.3, 0.4) is 0 Å². The largest absolute Gasteiger partial charge is 0.508 e. The smallest absolute Gasteiger partial charge is 0.232 e. The molecule has 4 rings (SSSR count). The van der Waals surface area contributed by atoms with Crippen LogP contribution in [0.4, 0.5) is 0 Å². The molecule has 2 aliphatic heterocycles. The number of amides is 2. The number of phenolic OH excluding ortho intramolecular Hbond substituents is 2. The number of likely N-dealkylation sites (tertiary alicyclic amines) is 2. The summed E-state index contributed by atoms with van der Waals surface area (Å²) in [5.74, 6) is 0.284. The number of rotatable bonds is 6. The van der Waals surface area contributed by atoms with Crippen LogP contribution in [0.1, 0.15) is 82.8 Å². The molecule has 37 heavy (non-hydrogen) atoms. The van der Waals surface area contributed by atoms with Gasteiger partial charge in [0.25, 0.3) is 0 Å². The highest BCUT2D eigenvalue weighted by Crippen LogP contribution is 2.39. The first-order valence-corrected chi connectivity index (χ1v) is 14.0. The molecule has 0 unspecified atom stereocenters. The molecule has 2 aromatic rings. The van der Waals surface area contributed by atoms with Crippen LogP contribution < -0.4 is 0 Å². The predicted molar refractivity (Wildman–Crippen MR) is 146 cm³/mol. The third kappa shape index (κ3) is 5.94. The number of hydrogen-bond acceptors (Lipinski definition) is 4. The molecule has 0 aliphatic carbocycles. The topological polar surface area (TPSA) is 81.1 Å². The van der Waals surface area contributed by atoms with Crippen molar-refractivity contribution in [2.75, 3.05) is 26.2 Å². The number of hydrogen-bond donors (Lipinski definition) is 2. The molecule has 2 atom stereocenters. The second-order valence-electron chi connectivity index (χ2n) is 11.1. The van der Waals surface area contributed by atoms with E-state index < -0.39 is 0 Å². The van der Waals surface area contributed by atoms with Gasteiger partial charge in [-0.25, -0.2) is 0 Å². The number of carbonyl (C=O) groups excluding carboxylic acids is 2. The fourth-order valence-electron chi connectivity index (χ4n) is 6.49. The second kappa shape index (κ2) is 11.6. The normalized spacial score (nSPS) is 24.8. The molecule has 0 saturated carbocycles. The Balaban J connectivity index is 1.50. The third-order valence-electron chi connectivity index (χ3n) is 8.93. The first kappa shape index (κ1) is 27.0. The minimum Gasteiger partial charge on any atom is -0.508 e. The average molecular weight is 507 g/mol. The summed E-state index contributed by atoms with van der Waals surface area (Å²) in [5.41, 5.74) is 1.69. The van der Waals surface area contributed by atoms with Gasteiger partial charge in [0, 0.05) is 37.0 Å². The first-order valence-electron chi connectivity index (χ1n) is 14.0. The monoisotopic (exact) mass is 506 g/mol. The Morgan fingerprint density at radius 1 is 0.730 bits per heavy atom. The second-order valence-corrected chi connectivity index (χ2v) is 11.1. The summed E-state index contributed by atoms with van der Waals surface area (Å²) in [4.78, 5) is 30.8. The lowest BCUT2D eigenvalue weighted by Crippen LogP contribution is -2.46. The van der Waals surface area contributed by atoms with Crippen molar-refractivity contribution in [1.29, 1.82) is 0 Å². The lowest BCUT2D eigenvalue weighted by molar-refractivity contribution is -0.141. The van der Waals surface area contributed by atoms with E-state index in [1.54, 1.807) is 12.1 Å². The Morgan fingerprint density at radius 3 is 1.54 bits per heavy atom. The summed E-state index contributed by atoms with van der Waals surface area (Å²) >= 11 is 0. The maximum atomic E-state index is 13.5. The average Bonchev–Trinajstić information content (AvgIpc) is 3.27. The Hall–Kier alpha value is -3.02. The Labute approximate surface area is 221 Å². The standard InChI is InChI=1S/C31H42N2O4/c1-3-30(24-11-9-13-26(34)19-24)15-5-7-17-32(22-30)28(36)21-29(37)33-18-8-6-16-31(4-2,23-33)25-12-10-14-27(35)20-25/h9-14,19-20,34-35H,3-8,15-18,21-23H2,1-2H3/t30-,31-/m1/s1. The molecule has 2 amide bonds. The molecular weight excluding hydrogens is 464 g/mol. The van der Waals surface area contributed by atoms with Crippen LogP contribution in [0, 0.1) is 0 Å². The van der Waals surface area contributed by atoms with Crippen molar-refractivity contribution in [1.82, 2.24) is 9.80 Å². The maximum Gasteiger partial charge on any atom is 0.232 e. The maximum absolute atomic E-state index is 13.5. The van der Waals surface area contributed by atoms with Crippen LogP contribution in [-0.2, 0) is 20.4 Å². The highest BCUT2D eigenvalue weighted by Gasteiger charge is 2.39. The van der Waals surface area contributed by atoms with E-state index >= 15 is 0 Å². The van der Waals surface area contributed by atoms with E-state index in [0.717, 1.165) is 62.5 Å². The minimum atomic E-state index is -0.219. The summed E-state index contributed by atoms with van der Waals surface area (Å²) in [7, 11) is 0. The Morgan fingerprint density at radius 2 is 1.16 bits per heavy atom. The molecule has 0 bridgehead atoms. The number of phenols is 2. The van der Waals surface area contributed by atoms with Gasteiger partial charge in [-0.2, -0.15) is 0 Å². The van der Waals surface area contributed by atoms with Gasteiger partial charge >= 0.3 is 0 Å². The first-order chi connectivity index (χ1) is 17.8. The summed E-state index contributed by atoms with van der Waals surface area (Å²) in [6, 6.07) is 14.8. The van der Waals surface area contributed by atoms with Crippen LogP contribution in [0.25, 0.3) is 0 Å². The van der Waals surface area contributed by atoms with Gasteiger partial charge < -0.3 is 20.0 Å². The zero-order chi connectivity index (χ0) is 26.5. The van der Waals surface area contributed by atoms with Gasteiger partial charge in [0.1, 0.15) is 17.9 Å². The Kier molecular flexibility index (Phi) is 8.46. The summed E-state index contributed by atoms with van der Waals surface area (Å²) in [6.07, 6.45) is 7.39. The van der Waals surface area contributed by atoms with Gasteiger partial charge in [-0.3, -0.25) is 9.59 Å². The molecule has 200 valence electrons. The van der Waals surface area contributed by atoms with Gasteiger partial charge in [0.05, 0.1) is 0 Å². The van der Waals surface area contributed by atoms with Crippen molar-refractivity contribution >= 4 is 11.8 Å². The predicted octanol–water partition coefficient (Wildman–Crippen LogP) is 5.51. The lowest BCUT2D eigenvalue weighted by Gasteiger charge is -2.37. The van der Waals surface area contributed by atoms with E-state index in [1.807, 2.05) is 46.2 Å². The van der Waals surface area contributed by atoms with Crippen LogP contribution >= 0.6 is 0 Å². The highest BCUT2D eigenvalue weighted by atomic mass is 16.3. The van der Waals surface area contributed by atoms with Crippen molar-refractivity contribution in [2.45, 2.75) is 82.5 Å². The fourth-order valence-corrected chi connectivity index (χ4v) is 6.49. The van der Waals surface area contributed by atoms with E-state index in [4.69, 9.17) is 0 Å². The van der Waals surface area contributed by atoms with Crippen molar-refractivity contribution < 1.29 is 19.8 Å². The number of carbonyl (C=O) groups is 2. The molecule has 2 heterocycles. The van der Waals surface area contributed by atoms with Crippen molar-refractivity contribution in [3.63, 3.8) is 0 Å². The molecule has 6 heteroatoms. The van der Waals surface area contributed by atoms with Gasteiger partial charge in [0.15, 0.2) is 0 Å². The van der Waals surface area contributed by atoms with Gasteiger partial charge in [-0.05, 0) is 73.9 Å². The molecule has 0 radical (unpaired) electrons. The van der Waals surface area contributed by atoms with Crippen LogP contribution in [-0.4, -0.2) is 58.0 Å². The fraction of sp³-hybridized carbons (Fsp3) is 0.548. The summed E-state index contributed by atoms with van der Waals surface area (Å²) in [6.45, 7) is 6.75.